The molecule has 0 aliphatic carbocycles. The van der Waals surface area contributed by atoms with Crippen LogP contribution in [0, 0.1) is 5.92 Å². The first-order valence-corrected chi connectivity index (χ1v) is 14.4. The van der Waals surface area contributed by atoms with Crippen LogP contribution in [0.25, 0.3) is 5.83 Å². The summed E-state index contributed by atoms with van der Waals surface area (Å²) in [7, 11) is -4.74. The van der Waals surface area contributed by atoms with Gasteiger partial charge in [0.2, 0.25) is 0 Å². The summed E-state index contributed by atoms with van der Waals surface area (Å²) in [4.78, 5) is 12.6. The number of allylic oxidation sites excluding steroid dienone is 1. The first-order valence-electron chi connectivity index (χ1n) is 11.0. The summed E-state index contributed by atoms with van der Waals surface area (Å²) in [6.45, 7) is 1.04. The molecule has 1 unspecified atom stereocenters. The van der Waals surface area contributed by atoms with Gasteiger partial charge in [0.05, 0.1) is 25.8 Å². The molecule has 0 saturated carbocycles. The SMILES string of the molecule is C[C@@H](CC(=O)c1ccc(/C(F)=C/C(c2cc(Cl)c(Br)c(Cl)c2)C(F)(F)F)cc1C(F)(F)F)CS(=O)(=O)CC(F)(F)F. The molecule has 2 aromatic carbocycles. The fourth-order valence-corrected chi connectivity index (χ4v) is 6.11. The van der Waals surface area contributed by atoms with Crippen LogP contribution < -0.4 is 0 Å². The molecule has 0 aliphatic rings. The number of carbonyl (C=O) groups is 1. The van der Waals surface area contributed by atoms with Crippen LogP contribution in [0.2, 0.25) is 10.0 Å². The Balaban J connectivity index is 2.46. The molecule has 2 atom stereocenters. The predicted octanol–water partition coefficient (Wildman–Crippen LogP) is 9.62. The molecule has 17 heteroatoms. The van der Waals surface area contributed by atoms with Gasteiger partial charge in [-0.2, -0.15) is 39.5 Å². The van der Waals surface area contributed by atoms with Crippen LogP contribution in [0.1, 0.15) is 46.3 Å². The highest BCUT2D eigenvalue weighted by Gasteiger charge is 2.41. The van der Waals surface area contributed by atoms with Gasteiger partial charge in [0.1, 0.15) is 17.5 Å². The lowest BCUT2D eigenvalue weighted by atomic mass is 9.93. The number of alkyl halides is 9. The van der Waals surface area contributed by atoms with Gasteiger partial charge >= 0.3 is 18.5 Å². The molecule has 2 rings (SSSR count). The molecule has 0 aromatic heterocycles. The van der Waals surface area contributed by atoms with Gasteiger partial charge < -0.3 is 0 Å². The Bertz CT molecular complexity index is 1410. The Kier molecular flexibility index (Phi) is 11.0. The summed E-state index contributed by atoms with van der Waals surface area (Å²) in [6, 6.07) is 2.85. The van der Waals surface area contributed by atoms with Crippen molar-refractivity contribution in [1.82, 2.24) is 0 Å². The van der Waals surface area contributed by atoms with Crippen molar-refractivity contribution < 1.29 is 57.1 Å². The molecular weight excluding hydrogens is 709 g/mol. The molecule has 0 heterocycles. The Morgan fingerprint density at radius 3 is 1.98 bits per heavy atom. The van der Waals surface area contributed by atoms with E-state index >= 15 is 0 Å². The smallest absolute Gasteiger partial charge is 0.294 e. The third-order valence-corrected chi connectivity index (χ3v) is 9.14. The van der Waals surface area contributed by atoms with Crippen LogP contribution in [0.4, 0.5) is 43.9 Å². The Morgan fingerprint density at radius 1 is 0.976 bits per heavy atom. The monoisotopic (exact) mass is 724 g/mol. The topological polar surface area (TPSA) is 51.2 Å². The van der Waals surface area contributed by atoms with Gasteiger partial charge in [0.25, 0.3) is 0 Å². The molecule has 0 saturated heterocycles. The summed E-state index contributed by atoms with van der Waals surface area (Å²) >= 11 is 14.6. The minimum absolute atomic E-state index is 0.000458. The second kappa shape index (κ2) is 12.8. The third kappa shape index (κ3) is 10.1. The second-order valence-electron chi connectivity index (χ2n) is 8.99. The van der Waals surface area contributed by atoms with Gasteiger partial charge in [0.15, 0.2) is 15.6 Å². The molecule has 41 heavy (non-hydrogen) atoms. The molecule has 0 spiro atoms. The maximum absolute atomic E-state index is 15.0. The van der Waals surface area contributed by atoms with E-state index in [2.05, 4.69) is 15.9 Å². The Morgan fingerprint density at radius 2 is 1.51 bits per heavy atom. The lowest BCUT2D eigenvalue weighted by molar-refractivity contribution is -0.140. The number of ketones is 1. The molecule has 0 N–H and O–H groups in total. The average Bonchev–Trinajstić information content (AvgIpc) is 2.76. The summed E-state index contributed by atoms with van der Waals surface area (Å²) in [6.07, 6.45) is -16.4. The van der Waals surface area contributed by atoms with Crippen molar-refractivity contribution in [3.63, 3.8) is 0 Å². The van der Waals surface area contributed by atoms with Crippen molar-refractivity contribution in [2.45, 2.75) is 37.8 Å². The molecule has 0 fully saturated rings. The van der Waals surface area contributed by atoms with E-state index in [4.69, 9.17) is 23.2 Å². The largest absolute Gasteiger partial charge is 0.417 e. The van der Waals surface area contributed by atoms with Gasteiger partial charge in [-0.1, -0.05) is 42.3 Å². The molecule has 2 aromatic rings. The molecule has 0 radical (unpaired) electrons. The van der Waals surface area contributed by atoms with Crippen LogP contribution in [0.3, 0.4) is 0 Å². The number of hydrogen-bond acceptors (Lipinski definition) is 3. The number of sulfone groups is 1. The minimum Gasteiger partial charge on any atom is -0.294 e. The molecule has 0 bridgehead atoms. The van der Waals surface area contributed by atoms with Crippen molar-refractivity contribution >= 4 is 60.6 Å². The zero-order valence-electron chi connectivity index (χ0n) is 20.3. The van der Waals surface area contributed by atoms with Crippen LogP contribution in [0.5, 0.6) is 0 Å². The van der Waals surface area contributed by atoms with Crippen molar-refractivity contribution in [2.24, 2.45) is 5.92 Å². The quantitative estimate of drug-likeness (QED) is 0.147. The maximum Gasteiger partial charge on any atom is 0.417 e. The molecule has 0 aliphatic heterocycles. The average molecular weight is 726 g/mol. The summed E-state index contributed by atoms with van der Waals surface area (Å²) < 4.78 is 158. The molecular formula is C24H17BrCl2F10O3S. The van der Waals surface area contributed by atoms with Crippen molar-refractivity contribution in [2.75, 3.05) is 11.5 Å². The zero-order valence-corrected chi connectivity index (χ0v) is 24.2. The van der Waals surface area contributed by atoms with E-state index in [0.717, 1.165) is 19.1 Å². The highest BCUT2D eigenvalue weighted by Crippen LogP contribution is 2.43. The summed E-state index contributed by atoms with van der Waals surface area (Å²) in [5.74, 6) is -10.4. The van der Waals surface area contributed by atoms with Crippen molar-refractivity contribution in [1.29, 1.82) is 0 Å². The minimum atomic E-state index is -5.32. The molecule has 0 amide bonds. The summed E-state index contributed by atoms with van der Waals surface area (Å²) in [5.41, 5.74) is -4.42. The number of halogens is 13. The first kappa shape index (κ1) is 35.4. The Hall–Kier alpha value is -1.84. The lowest BCUT2D eigenvalue weighted by Crippen LogP contribution is -2.28. The van der Waals surface area contributed by atoms with Crippen LogP contribution in [0.15, 0.2) is 40.9 Å². The van der Waals surface area contributed by atoms with Crippen LogP contribution in [-0.2, 0) is 16.0 Å². The normalized spacial score (nSPS) is 15.1. The highest BCUT2D eigenvalue weighted by molar-refractivity contribution is 9.10. The first-order chi connectivity index (χ1) is 18.4. The van der Waals surface area contributed by atoms with Gasteiger partial charge in [-0.05, 0) is 51.7 Å². The highest BCUT2D eigenvalue weighted by atomic mass is 79.9. The van der Waals surface area contributed by atoms with E-state index in [1.807, 2.05) is 0 Å². The van der Waals surface area contributed by atoms with E-state index in [-0.39, 0.29) is 26.7 Å². The van der Waals surface area contributed by atoms with Gasteiger partial charge in [0, 0.05) is 17.5 Å². The van der Waals surface area contributed by atoms with Gasteiger partial charge in [-0.3, -0.25) is 4.79 Å². The fraction of sp³-hybridized carbons (Fsp3) is 0.375. The number of benzene rings is 2. The van der Waals surface area contributed by atoms with E-state index in [9.17, 15) is 57.1 Å². The van der Waals surface area contributed by atoms with Crippen molar-refractivity contribution in [3.8, 4) is 0 Å². The molecule has 228 valence electrons. The van der Waals surface area contributed by atoms with Gasteiger partial charge in [-0.15, -0.1) is 0 Å². The predicted molar refractivity (Wildman–Crippen MR) is 136 cm³/mol. The number of carbonyl (C=O) groups excluding carboxylic acids is 1. The second-order valence-corrected chi connectivity index (χ2v) is 12.7. The number of hydrogen-bond donors (Lipinski definition) is 0. The maximum atomic E-state index is 15.0. The van der Waals surface area contributed by atoms with Gasteiger partial charge in [-0.25, -0.2) is 12.8 Å². The van der Waals surface area contributed by atoms with E-state index < -0.39 is 92.0 Å². The van der Waals surface area contributed by atoms with E-state index in [0.29, 0.717) is 12.1 Å². The zero-order chi connectivity index (χ0) is 31.7. The Labute approximate surface area is 245 Å². The van der Waals surface area contributed by atoms with Crippen LogP contribution in [-0.4, -0.2) is 38.1 Å². The van der Waals surface area contributed by atoms with E-state index in [1.165, 1.54) is 0 Å². The van der Waals surface area contributed by atoms with E-state index in [1.54, 1.807) is 0 Å². The number of Topliss-reactive ketones (excluding diaryl/α,β-unsaturated/α-hetero) is 1. The molecule has 3 nitrogen and oxygen atoms in total. The van der Waals surface area contributed by atoms with Crippen LogP contribution >= 0.6 is 39.1 Å². The number of rotatable bonds is 9. The standard InChI is InChI=1S/C24H17BrCl2F10O3S/c1-11(9-41(39,40)10-22(29,30)31)4-20(38)14-3-2-12(5-16(14)24(35,36)37)19(28)8-15(23(32,33)34)13-6-17(26)21(25)18(27)7-13/h2-3,5-8,11,15H,4,9-10H2,1H3/b19-8-/t11-,15?/m0/s1. The fourth-order valence-electron chi connectivity index (χ4n) is 3.77. The third-order valence-electron chi connectivity index (χ3n) is 5.39. The summed E-state index contributed by atoms with van der Waals surface area (Å²) in [5, 5.41) is -0.503. The lowest BCUT2D eigenvalue weighted by Gasteiger charge is -2.19. The van der Waals surface area contributed by atoms with Crippen molar-refractivity contribution in [3.05, 3.63) is 73.2 Å².